The molecule has 0 atom stereocenters. The van der Waals surface area contributed by atoms with Gasteiger partial charge in [0.25, 0.3) is 0 Å². The molecule has 1 aliphatic rings. The summed E-state index contributed by atoms with van der Waals surface area (Å²) in [7, 11) is 1.94. The Hall–Kier alpha value is -3.25. The first-order chi connectivity index (χ1) is 16.1. The predicted molar refractivity (Wildman–Crippen MR) is 134 cm³/mol. The van der Waals surface area contributed by atoms with Crippen LogP contribution in [-0.4, -0.2) is 39.1 Å². The lowest BCUT2D eigenvalue weighted by molar-refractivity contribution is 0.412. The van der Waals surface area contributed by atoms with Gasteiger partial charge in [0, 0.05) is 49.7 Å². The first-order valence-electron chi connectivity index (χ1n) is 11.9. The van der Waals surface area contributed by atoms with Crippen LogP contribution in [0.2, 0.25) is 0 Å². The third-order valence-electron chi connectivity index (χ3n) is 6.78. The van der Waals surface area contributed by atoms with Crippen molar-refractivity contribution < 1.29 is 0 Å². The molecule has 0 radical (unpaired) electrons. The summed E-state index contributed by atoms with van der Waals surface area (Å²) in [6, 6.07) is 19.8. The summed E-state index contributed by atoms with van der Waals surface area (Å²) in [5, 5.41) is 19.7. The van der Waals surface area contributed by atoms with Crippen molar-refractivity contribution in [3.8, 4) is 11.4 Å². The first kappa shape index (κ1) is 21.6. The highest BCUT2D eigenvalue weighted by Crippen LogP contribution is 2.32. The van der Waals surface area contributed by atoms with E-state index in [1.807, 2.05) is 17.8 Å². The number of nitrogens with zero attached hydrogens (tertiary/aromatic N) is 5. The molecule has 1 aliphatic heterocycles. The third-order valence-corrected chi connectivity index (χ3v) is 6.78. The van der Waals surface area contributed by atoms with Crippen LogP contribution in [0.1, 0.15) is 43.7 Å². The van der Waals surface area contributed by atoms with Gasteiger partial charge in [-0.15, -0.1) is 10.2 Å². The molecule has 2 aromatic heterocycles. The maximum atomic E-state index is 4.69. The molecule has 3 heterocycles. The highest BCUT2D eigenvalue weighted by atomic mass is 15.3. The Kier molecular flexibility index (Phi) is 6.09. The fourth-order valence-electron chi connectivity index (χ4n) is 4.93. The number of aromatic nitrogens is 4. The smallest absolute Gasteiger partial charge is 0.159 e. The van der Waals surface area contributed by atoms with Crippen LogP contribution in [0.4, 0.5) is 5.82 Å². The maximum absolute atomic E-state index is 4.69. The van der Waals surface area contributed by atoms with E-state index in [1.54, 1.807) is 6.20 Å². The zero-order valence-electron chi connectivity index (χ0n) is 19.7. The van der Waals surface area contributed by atoms with Crippen LogP contribution in [-0.2, 0) is 13.6 Å². The average Bonchev–Trinajstić information content (AvgIpc) is 3.28. The van der Waals surface area contributed by atoms with Crippen LogP contribution in [0.3, 0.4) is 0 Å². The minimum atomic E-state index is 0.523. The second-order valence-electron chi connectivity index (χ2n) is 9.25. The number of rotatable bonds is 6. The van der Waals surface area contributed by atoms with E-state index in [0.717, 1.165) is 60.5 Å². The van der Waals surface area contributed by atoms with E-state index in [-0.39, 0.29) is 0 Å². The van der Waals surface area contributed by atoms with Gasteiger partial charge in [-0.25, -0.2) is 0 Å². The summed E-state index contributed by atoms with van der Waals surface area (Å²) in [6.45, 7) is 7.42. The van der Waals surface area contributed by atoms with E-state index < -0.39 is 0 Å². The molecule has 1 N–H and O–H groups in total. The van der Waals surface area contributed by atoms with Crippen LogP contribution >= 0.6 is 0 Å². The third kappa shape index (κ3) is 4.35. The number of hydrogen-bond donors (Lipinski definition) is 1. The molecule has 5 rings (SSSR count). The van der Waals surface area contributed by atoms with Crippen LogP contribution < -0.4 is 10.2 Å². The number of piperidine rings is 1. The zero-order chi connectivity index (χ0) is 22.8. The van der Waals surface area contributed by atoms with Gasteiger partial charge in [0.15, 0.2) is 5.82 Å². The van der Waals surface area contributed by atoms with E-state index in [4.69, 9.17) is 5.10 Å². The second-order valence-corrected chi connectivity index (χ2v) is 9.25. The van der Waals surface area contributed by atoms with Gasteiger partial charge in [-0.2, -0.15) is 5.10 Å². The van der Waals surface area contributed by atoms with Gasteiger partial charge >= 0.3 is 0 Å². The topological polar surface area (TPSA) is 58.9 Å². The minimum Gasteiger partial charge on any atom is -0.354 e. The van der Waals surface area contributed by atoms with E-state index >= 15 is 0 Å². The Labute approximate surface area is 195 Å². The molecule has 0 bridgehead atoms. The van der Waals surface area contributed by atoms with Crippen LogP contribution in [0.15, 0.2) is 60.8 Å². The summed E-state index contributed by atoms with van der Waals surface area (Å²) in [6.07, 6.45) is 4.00. The number of nitrogens with one attached hydrogen (secondary N) is 1. The first-order valence-corrected chi connectivity index (χ1v) is 11.9. The van der Waals surface area contributed by atoms with Gasteiger partial charge in [0.1, 0.15) is 5.69 Å². The summed E-state index contributed by atoms with van der Waals surface area (Å²) in [4.78, 5) is 2.39. The molecule has 4 aromatic rings. The van der Waals surface area contributed by atoms with Gasteiger partial charge in [-0.1, -0.05) is 62.4 Å². The molecular formula is C27H32N6. The highest BCUT2D eigenvalue weighted by molar-refractivity contribution is 5.99. The van der Waals surface area contributed by atoms with E-state index in [0.29, 0.717) is 12.0 Å². The van der Waals surface area contributed by atoms with Crippen LogP contribution in [0.25, 0.3) is 22.2 Å². The summed E-state index contributed by atoms with van der Waals surface area (Å²) in [5.41, 5.74) is 4.72. The molecule has 2 aromatic carbocycles. The molecule has 170 valence electrons. The summed E-state index contributed by atoms with van der Waals surface area (Å²) in [5.74, 6) is 1.53. The number of aryl methyl sites for hydroxylation is 1. The fraction of sp³-hybridized carbons (Fsp3) is 0.370. The van der Waals surface area contributed by atoms with E-state index in [2.05, 4.69) is 82.8 Å². The average molecular weight is 441 g/mol. The predicted octanol–water partition coefficient (Wildman–Crippen LogP) is 4.91. The molecule has 0 spiro atoms. The molecule has 6 nitrogen and oxygen atoms in total. The van der Waals surface area contributed by atoms with Gasteiger partial charge in [0.2, 0.25) is 0 Å². The number of benzene rings is 2. The molecular weight excluding hydrogens is 408 g/mol. The van der Waals surface area contributed by atoms with Gasteiger partial charge in [-0.3, -0.25) is 4.68 Å². The normalized spacial score (nSPS) is 15.0. The van der Waals surface area contributed by atoms with Crippen molar-refractivity contribution in [3.05, 3.63) is 71.9 Å². The van der Waals surface area contributed by atoms with Crippen molar-refractivity contribution in [1.82, 2.24) is 25.3 Å². The van der Waals surface area contributed by atoms with Crippen molar-refractivity contribution in [3.63, 3.8) is 0 Å². The Bertz CT molecular complexity index is 1240. The van der Waals surface area contributed by atoms with Crippen molar-refractivity contribution >= 4 is 16.6 Å². The highest BCUT2D eigenvalue weighted by Gasteiger charge is 2.23. The number of anilines is 1. The molecule has 0 unspecified atom stereocenters. The minimum absolute atomic E-state index is 0.523. The fourth-order valence-corrected chi connectivity index (χ4v) is 4.93. The Morgan fingerprint density at radius 1 is 0.939 bits per heavy atom. The quantitative estimate of drug-likeness (QED) is 0.462. The van der Waals surface area contributed by atoms with Crippen molar-refractivity contribution in [1.29, 1.82) is 0 Å². The van der Waals surface area contributed by atoms with Gasteiger partial charge in [-0.05, 0) is 36.0 Å². The van der Waals surface area contributed by atoms with E-state index in [9.17, 15) is 0 Å². The van der Waals surface area contributed by atoms with Gasteiger partial charge < -0.3 is 10.2 Å². The SMILES string of the molecule is CC(C)c1ccccc1CNC1CCN(c2nnc(-c3ccnn3C)c3ccccc23)CC1. The Balaban J connectivity index is 1.30. The van der Waals surface area contributed by atoms with Crippen LogP contribution in [0, 0.1) is 0 Å². The standard InChI is InChI=1S/C27H32N6/c1-19(2)22-9-5-4-8-20(22)18-28-21-13-16-33(17-14-21)27-24-11-7-6-10-23(24)26(30-31-27)25-12-15-29-32(25)3/h4-12,15,19,21,28H,13-14,16-18H2,1-3H3. The van der Waals surface area contributed by atoms with Crippen molar-refractivity contribution in [2.45, 2.75) is 45.2 Å². The summed E-state index contributed by atoms with van der Waals surface area (Å²) < 4.78 is 1.85. The monoisotopic (exact) mass is 440 g/mol. The Morgan fingerprint density at radius 3 is 2.39 bits per heavy atom. The molecule has 0 aliphatic carbocycles. The zero-order valence-corrected chi connectivity index (χ0v) is 19.7. The van der Waals surface area contributed by atoms with Crippen molar-refractivity contribution in [2.24, 2.45) is 7.05 Å². The number of hydrogen-bond acceptors (Lipinski definition) is 5. The lowest BCUT2D eigenvalue weighted by Crippen LogP contribution is -2.42. The molecule has 1 fully saturated rings. The molecule has 0 amide bonds. The largest absolute Gasteiger partial charge is 0.354 e. The molecule has 0 saturated carbocycles. The van der Waals surface area contributed by atoms with Crippen LogP contribution in [0.5, 0.6) is 0 Å². The van der Waals surface area contributed by atoms with Gasteiger partial charge in [0.05, 0.1) is 5.69 Å². The maximum Gasteiger partial charge on any atom is 0.159 e. The molecule has 6 heteroatoms. The number of fused-ring (bicyclic) bond motifs is 1. The lowest BCUT2D eigenvalue weighted by Gasteiger charge is -2.34. The van der Waals surface area contributed by atoms with Crippen molar-refractivity contribution in [2.75, 3.05) is 18.0 Å². The lowest BCUT2D eigenvalue weighted by atomic mass is 9.96. The molecule has 33 heavy (non-hydrogen) atoms. The summed E-state index contributed by atoms with van der Waals surface area (Å²) >= 11 is 0. The molecule has 1 saturated heterocycles. The Morgan fingerprint density at radius 2 is 1.67 bits per heavy atom. The van der Waals surface area contributed by atoms with E-state index in [1.165, 1.54) is 11.1 Å². The second kappa shape index (κ2) is 9.32.